The molecule has 0 heterocycles. The van der Waals surface area contributed by atoms with E-state index in [4.69, 9.17) is 5.73 Å². The minimum atomic E-state index is 0.396. The predicted molar refractivity (Wildman–Crippen MR) is 39.6 cm³/mol. The molecule has 0 aromatic heterocycles. The van der Waals surface area contributed by atoms with Gasteiger partial charge in [0, 0.05) is 9.46 Å². The van der Waals surface area contributed by atoms with Crippen LogP contribution in [0.4, 0.5) is 0 Å². The van der Waals surface area contributed by atoms with Crippen molar-refractivity contribution in [1.82, 2.24) is 0 Å². The van der Waals surface area contributed by atoms with Crippen LogP contribution < -0.4 is 5.73 Å². The zero-order valence-corrected chi connectivity index (χ0v) is 6.60. The van der Waals surface area contributed by atoms with Crippen LogP contribution in [0, 0.1) is 0 Å². The summed E-state index contributed by atoms with van der Waals surface area (Å²) in [5.41, 5.74) is 5.62. The normalized spacial score (nSPS) is 29.6. The number of nitrogens with two attached hydrogens (primary N) is 1. The van der Waals surface area contributed by atoms with Gasteiger partial charge >= 0.3 is 0 Å². The smallest absolute Gasteiger partial charge is 0.0371 e. The van der Waals surface area contributed by atoms with Gasteiger partial charge in [-0.2, -0.15) is 0 Å². The maximum atomic E-state index is 5.62. The van der Waals surface area contributed by atoms with E-state index in [-0.39, 0.29) is 0 Å². The van der Waals surface area contributed by atoms with Crippen molar-refractivity contribution in [1.29, 1.82) is 0 Å². The fourth-order valence-electron chi connectivity index (χ4n) is 0.575. The molecule has 1 fully saturated rings. The van der Waals surface area contributed by atoms with Gasteiger partial charge < -0.3 is 5.73 Å². The number of hydrogen-bond donors (Lipinski definition) is 1. The van der Waals surface area contributed by atoms with Gasteiger partial charge in [-0.1, -0.05) is 22.6 Å². The molecule has 2 heteroatoms. The second-order valence-corrected chi connectivity index (χ2v) is 4.47. The highest BCUT2D eigenvalue weighted by atomic mass is 127. The Balaban J connectivity index is 2.39. The van der Waals surface area contributed by atoms with Gasteiger partial charge in [0.25, 0.3) is 0 Å². The summed E-state index contributed by atoms with van der Waals surface area (Å²) in [7, 11) is 0. The van der Waals surface area contributed by atoms with Gasteiger partial charge in [-0.15, -0.1) is 0 Å². The number of alkyl halides is 1. The third-order valence-electron chi connectivity index (χ3n) is 1.54. The Morgan fingerprint density at radius 3 is 2.14 bits per heavy atom. The Bertz CT molecular complexity index is 76.1. The predicted octanol–water partition coefficient (Wildman–Crippen LogP) is 1.30. The van der Waals surface area contributed by atoms with Crippen molar-refractivity contribution in [3.63, 3.8) is 0 Å². The third-order valence-corrected chi connectivity index (χ3v) is 3.60. The molecule has 1 atom stereocenters. The van der Waals surface area contributed by atoms with Crippen LogP contribution in [0.15, 0.2) is 0 Å². The first-order valence-corrected chi connectivity index (χ1v) is 3.67. The lowest BCUT2D eigenvalue weighted by Gasteiger charge is -2.08. The van der Waals surface area contributed by atoms with Crippen molar-refractivity contribution in [3.05, 3.63) is 0 Å². The molecule has 0 spiro atoms. The van der Waals surface area contributed by atoms with Gasteiger partial charge in [0.15, 0.2) is 0 Å². The molecule has 1 aliphatic rings. The summed E-state index contributed by atoms with van der Waals surface area (Å²) in [4.78, 5) is 0. The molecule has 0 unspecified atom stereocenters. The molecule has 0 aromatic carbocycles. The van der Waals surface area contributed by atoms with Crippen molar-refractivity contribution < 1.29 is 0 Å². The molecule has 7 heavy (non-hydrogen) atoms. The quantitative estimate of drug-likeness (QED) is 0.513. The number of halogens is 1. The van der Waals surface area contributed by atoms with Crippen molar-refractivity contribution in [2.45, 2.75) is 29.2 Å². The molecule has 0 aliphatic heterocycles. The highest BCUT2D eigenvalue weighted by Gasteiger charge is 2.42. The monoisotopic (exact) mass is 211 g/mol. The zero-order valence-electron chi connectivity index (χ0n) is 4.45. The maximum absolute atomic E-state index is 5.62. The van der Waals surface area contributed by atoms with Crippen LogP contribution in [-0.2, 0) is 0 Å². The Labute approximate surface area is 57.8 Å². The van der Waals surface area contributed by atoms with Crippen LogP contribution in [0.3, 0.4) is 0 Å². The van der Waals surface area contributed by atoms with E-state index in [1.165, 1.54) is 12.8 Å². The molecule has 0 saturated heterocycles. The number of rotatable bonds is 1. The SMILES string of the molecule is C[C@H](N)C1(I)CC1. The van der Waals surface area contributed by atoms with E-state index in [9.17, 15) is 0 Å². The van der Waals surface area contributed by atoms with Crippen molar-refractivity contribution in [3.8, 4) is 0 Å². The summed E-state index contributed by atoms with van der Waals surface area (Å²) in [5.74, 6) is 0. The Hall–Kier alpha value is 0.690. The molecule has 1 rings (SSSR count). The van der Waals surface area contributed by atoms with Crippen LogP contribution in [0.25, 0.3) is 0 Å². The van der Waals surface area contributed by atoms with Gasteiger partial charge in [0.05, 0.1) is 0 Å². The van der Waals surface area contributed by atoms with Crippen LogP contribution in [0.5, 0.6) is 0 Å². The van der Waals surface area contributed by atoms with Crippen molar-refractivity contribution >= 4 is 22.6 Å². The summed E-state index contributed by atoms with van der Waals surface area (Å²) in [6.07, 6.45) is 2.65. The molecule has 0 radical (unpaired) electrons. The summed E-state index contributed by atoms with van der Waals surface area (Å²) >= 11 is 2.45. The fourth-order valence-corrected chi connectivity index (χ4v) is 0.844. The second kappa shape index (κ2) is 1.58. The van der Waals surface area contributed by atoms with E-state index in [0.29, 0.717) is 9.46 Å². The lowest BCUT2D eigenvalue weighted by atomic mass is 10.2. The van der Waals surface area contributed by atoms with Gasteiger partial charge in [-0.25, -0.2) is 0 Å². The van der Waals surface area contributed by atoms with Crippen LogP contribution >= 0.6 is 22.6 Å². The summed E-state index contributed by atoms with van der Waals surface area (Å²) in [6.45, 7) is 2.08. The van der Waals surface area contributed by atoms with Crippen LogP contribution in [0.1, 0.15) is 19.8 Å². The van der Waals surface area contributed by atoms with E-state index in [2.05, 4.69) is 29.5 Å². The molecule has 1 nitrogen and oxygen atoms in total. The lowest BCUT2D eigenvalue weighted by Crippen LogP contribution is -2.27. The van der Waals surface area contributed by atoms with Gasteiger partial charge in [-0.05, 0) is 19.8 Å². The van der Waals surface area contributed by atoms with Crippen LogP contribution in [0.2, 0.25) is 0 Å². The van der Waals surface area contributed by atoms with E-state index >= 15 is 0 Å². The average Bonchev–Trinajstić information content (AvgIpc) is 2.21. The third kappa shape index (κ3) is 1.08. The highest BCUT2D eigenvalue weighted by Crippen LogP contribution is 2.46. The minimum Gasteiger partial charge on any atom is -0.327 e. The maximum Gasteiger partial charge on any atom is 0.0371 e. The second-order valence-electron chi connectivity index (χ2n) is 2.32. The molecular weight excluding hydrogens is 201 g/mol. The molecule has 1 aliphatic carbocycles. The Morgan fingerprint density at radius 1 is 1.71 bits per heavy atom. The minimum absolute atomic E-state index is 0.396. The van der Waals surface area contributed by atoms with E-state index in [1.54, 1.807) is 0 Å². The van der Waals surface area contributed by atoms with Crippen molar-refractivity contribution in [2.24, 2.45) is 5.73 Å². The topological polar surface area (TPSA) is 26.0 Å². The Kier molecular flexibility index (Phi) is 1.32. The summed E-state index contributed by atoms with van der Waals surface area (Å²) in [6, 6.07) is 0.396. The van der Waals surface area contributed by atoms with E-state index in [1.807, 2.05) is 0 Å². The zero-order chi connectivity index (χ0) is 5.49. The first-order chi connectivity index (χ1) is 3.15. The van der Waals surface area contributed by atoms with Crippen molar-refractivity contribution in [2.75, 3.05) is 0 Å². The molecule has 0 aromatic rings. The summed E-state index contributed by atoms with van der Waals surface area (Å²) in [5, 5.41) is 0. The first kappa shape index (κ1) is 5.82. The fraction of sp³-hybridized carbons (Fsp3) is 1.00. The molecular formula is C5H10IN. The lowest BCUT2D eigenvalue weighted by molar-refractivity contribution is 0.713. The standard InChI is InChI=1S/C5H10IN/c1-4(7)5(6)2-3-5/h4H,2-3,7H2,1H3/t4-/m0/s1. The Morgan fingerprint density at radius 2 is 2.14 bits per heavy atom. The molecule has 42 valence electrons. The van der Waals surface area contributed by atoms with Gasteiger partial charge in [0.1, 0.15) is 0 Å². The molecule has 1 saturated carbocycles. The molecule has 2 N–H and O–H groups in total. The van der Waals surface area contributed by atoms with E-state index < -0.39 is 0 Å². The highest BCUT2D eigenvalue weighted by molar-refractivity contribution is 14.1. The molecule has 0 amide bonds. The largest absolute Gasteiger partial charge is 0.327 e. The van der Waals surface area contributed by atoms with Gasteiger partial charge in [-0.3, -0.25) is 0 Å². The van der Waals surface area contributed by atoms with Gasteiger partial charge in [0.2, 0.25) is 0 Å². The summed E-state index contributed by atoms with van der Waals surface area (Å²) < 4.78 is 0.498. The van der Waals surface area contributed by atoms with E-state index in [0.717, 1.165) is 0 Å². The first-order valence-electron chi connectivity index (χ1n) is 2.60. The van der Waals surface area contributed by atoms with Crippen LogP contribution in [-0.4, -0.2) is 9.46 Å². The molecule has 0 bridgehead atoms. The number of hydrogen-bond acceptors (Lipinski definition) is 1. The average molecular weight is 211 g/mol.